The van der Waals surface area contributed by atoms with Crippen molar-refractivity contribution in [3.05, 3.63) is 35.6 Å². The van der Waals surface area contributed by atoms with Gasteiger partial charge in [0.05, 0.1) is 0 Å². The molecule has 2 nitrogen and oxygen atoms in total. The maximum Gasteiger partial charge on any atom is 0.123 e. The molecule has 4 unspecified atom stereocenters. The van der Waals surface area contributed by atoms with E-state index >= 15 is 0 Å². The molecule has 0 aliphatic carbocycles. The molecule has 0 saturated carbocycles. The van der Waals surface area contributed by atoms with Crippen LogP contribution in [0, 0.1) is 17.7 Å². The van der Waals surface area contributed by atoms with Crippen molar-refractivity contribution in [1.82, 2.24) is 10.2 Å². The number of hydrogen-bond donors (Lipinski definition) is 1. The molecule has 3 heteroatoms. The molecule has 0 amide bonds. The molecule has 1 N–H and O–H groups in total. The third-order valence-electron chi connectivity index (χ3n) is 5.20. The van der Waals surface area contributed by atoms with Crippen LogP contribution in [-0.2, 0) is 0 Å². The van der Waals surface area contributed by atoms with Crippen LogP contribution in [0.15, 0.2) is 24.3 Å². The Labute approximate surface area is 121 Å². The van der Waals surface area contributed by atoms with E-state index in [0.29, 0.717) is 12.1 Å². The van der Waals surface area contributed by atoms with Gasteiger partial charge in [-0.1, -0.05) is 26.0 Å². The van der Waals surface area contributed by atoms with E-state index in [1.165, 1.54) is 12.5 Å². The third kappa shape index (κ3) is 2.38. The molecular formula is C17H25FN2. The molecule has 3 rings (SSSR count). The van der Waals surface area contributed by atoms with Gasteiger partial charge in [0, 0.05) is 18.6 Å². The minimum atomic E-state index is -0.116. The summed E-state index contributed by atoms with van der Waals surface area (Å²) in [6.45, 7) is 7.97. The smallest absolute Gasteiger partial charge is 0.123 e. The Kier molecular flexibility index (Phi) is 4.08. The summed E-state index contributed by atoms with van der Waals surface area (Å²) in [7, 11) is 0. The van der Waals surface area contributed by atoms with Gasteiger partial charge < -0.3 is 5.32 Å². The number of nitrogens with one attached hydrogen (secondary N) is 1. The molecule has 2 heterocycles. The third-order valence-corrected chi connectivity index (χ3v) is 5.20. The molecule has 0 bridgehead atoms. The van der Waals surface area contributed by atoms with Crippen molar-refractivity contribution >= 4 is 0 Å². The highest BCUT2D eigenvalue weighted by molar-refractivity contribution is 5.21. The highest BCUT2D eigenvalue weighted by Gasteiger charge is 2.45. The molecule has 2 aliphatic rings. The SMILES string of the molecule is CCC(c1cccc(F)c1)N1CC2CNCC2C1CC. The molecule has 1 aromatic carbocycles. The van der Waals surface area contributed by atoms with Crippen molar-refractivity contribution in [2.75, 3.05) is 19.6 Å². The summed E-state index contributed by atoms with van der Waals surface area (Å²) in [4.78, 5) is 2.64. The van der Waals surface area contributed by atoms with Crippen molar-refractivity contribution in [2.24, 2.45) is 11.8 Å². The highest BCUT2D eigenvalue weighted by Crippen LogP contribution is 2.40. The maximum absolute atomic E-state index is 13.5. The number of rotatable bonds is 4. The summed E-state index contributed by atoms with van der Waals surface area (Å²) >= 11 is 0. The van der Waals surface area contributed by atoms with Crippen LogP contribution < -0.4 is 5.32 Å². The number of hydrogen-bond acceptors (Lipinski definition) is 2. The number of benzene rings is 1. The molecule has 0 aromatic heterocycles. The Balaban J connectivity index is 1.85. The zero-order valence-electron chi connectivity index (χ0n) is 12.5. The van der Waals surface area contributed by atoms with E-state index in [9.17, 15) is 4.39 Å². The summed E-state index contributed by atoms with van der Waals surface area (Å²) in [5.41, 5.74) is 1.14. The van der Waals surface area contributed by atoms with Gasteiger partial charge in [0.1, 0.15) is 5.82 Å². The van der Waals surface area contributed by atoms with E-state index in [-0.39, 0.29) is 5.82 Å². The van der Waals surface area contributed by atoms with Crippen LogP contribution in [0.5, 0.6) is 0 Å². The summed E-state index contributed by atoms with van der Waals surface area (Å²) in [5.74, 6) is 1.44. The lowest BCUT2D eigenvalue weighted by molar-refractivity contribution is 0.150. The summed E-state index contributed by atoms with van der Waals surface area (Å²) < 4.78 is 13.5. The molecule has 2 aliphatic heterocycles. The first kappa shape index (κ1) is 14.0. The van der Waals surface area contributed by atoms with Gasteiger partial charge in [0.2, 0.25) is 0 Å². The second-order valence-corrected chi connectivity index (χ2v) is 6.23. The lowest BCUT2D eigenvalue weighted by Crippen LogP contribution is -2.37. The van der Waals surface area contributed by atoms with Crippen LogP contribution >= 0.6 is 0 Å². The summed E-state index contributed by atoms with van der Waals surface area (Å²) in [5, 5.41) is 3.53. The normalized spacial score (nSPS) is 31.4. The number of likely N-dealkylation sites (tertiary alicyclic amines) is 1. The molecule has 20 heavy (non-hydrogen) atoms. The van der Waals surface area contributed by atoms with E-state index in [1.807, 2.05) is 6.07 Å². The maximum atomic E-state index is 13.5. The molecule has 2 fully saturated rings. The van der Waals surface area contributed by atoms with Crippen LogP contribution in [-0.4, -0.2) is 30.6 Å². The standard InChI is InChI=1S/C17H25FN2/c1-3-16(12-6-5-7-14(18)8-12)20-11-13-9-19-10-15(13)17(20)4-2/h5-8,13,15-17,19H,3-4,9-11H2,1-2H3. The average molecular weight is 276 g/mol. The molecule has 4 atom stereocenters. The highest BCUT2D eigenvalue weighted by atomic mass is 19.1. The van der Waals surface area contributed by atoms with Gasteiger partial charge in [-0.2, -0.15) is 0 Å². The molecular weight excluding hydrogens is 251 g/mol. The van der Waals surface area contributed by atoms with E-state index in [1.54, 1.807) is 6.07 Å². The molecule has 0 radical (unpaired) electrons. The summed E-state index contributed by atoms with van der Waals surface area (Å²) in [6, 6.07) is 8.18. The van der Waals surface area contributed by atoms with E-state index in [4.69, 9.17) is 0 Å². The molecule has 110 valence electrons. The topological polar surface area (TPSA) is 15.3 Å². The number of nitrogens with zero attached hydrogens (tertiary/aromatic N) is 1. The first-order valence-electron chi connectivity index (χ1n) is 7.96. The minimum Gasteiger partial charge on any atom is -0.316 e. The Morgan fingerprint density at radius 1 is 1.35 bits per heavy atom. The monoisotopic (exact) mass is 276 g/mol. The zero-order valence-corrected chi connectivity index (χ0v) is 12.5. The van der Waals surface area contributed by atoms with Gasteiger partial charge >= 0.3 is 0 Å². The quantitative estimate of drug-likeness (QED) is 0.908. The Bertz CT molecular complexity index is 462. The van der Waals surface area contributed by atoms with Crippen molar-refractivity contribution in [3.63, 3.8) is 0 Å². The van der Waals surface area contributed by atoms with Crippen LogP contribution in [0.2, 0.25) is 0 Å². The first-order valence-corrected chi connectivity index (χ1v) is 7.96. The minimum absolute atomic E-state index is 0.116. The van der Waals surface area contributed by atoms with E-state index in [2.05, 4.69) is 30.1 Å². The van der Waals surface area contributed by atoms with Gasteiger partial charge in [-0.15, -0.1) is 0 Å². The second kappa shape index (κ2) is 5.82. The Morgan fingerprint density at radius 3 is 2.90 bits per heavy atom. The van der Waals surface area contributed by atoms with Crippen LogP contribution in [0.4, 0.5) is 4.39 Å². The largest absolute Gasteiger partial charge is 0.316 e. The van der Waals surface area contributed by atoms with Crippen molar-refractivity contribution in [2.45, 2.75) is 38.8 Å². The molecule has 1 aromatic rings. The fourth-order valence-electron chi connectivity index (χ4n) is 4.33. The van der Waals surface area contributed by atoms with Gasteiger partial charge in [-0.05, 0) is 55.5 Å². The van der Waals surface area contributed by atoms with Crippen LogP contribution in [0.1, 0.15) is 38.3 Å². The molecule has 2 saturated heterocycles. The van der Waals surface area contributed by atoms with Gasteiger partial charge in [0.15, 0.2) is 0 Å². The average Bonchev–Trinajstić information content (AvgIpc) is 3.00. The van der Waals surface area contributed by atoms with Crippen LogP contribution in [0.3, 0.4) is 0 Å². The van der Waals surface area contributed by atoms with E-state index < -0.39 is 0 Å². The fraction of sp³-hybridized carbons (Fsp3) is 0.647. The predicted molar refractivity (Wildman–Crippen MR) is 80.1 cm³/mol. The van der Waals surface area contributed by atoms with Crippen LogP contribution in [0.25, 0.3) is 0 Å². The Morgan fingerprint density at radius 2 is 2.20 bits per heavy atom. The predicted octanol–water partition coefficient (Wildman–Crippen LogP) is 3.21. The molecule has 0 spiro atoms. The fourth-order valence-corrected chi connectivity index (χ4v) is 4.33. The van der Waals surface area contributed by atoms with E-state index in [0.717, 1.165) is 43.5 Å². The first-order chi connectivity index (χ1) is 9.74. The van der Waals surface area contributed by atoms with Crippen molar-refractivity contribution in [3.8, 4) is 0 Å². The zero-order chi connectivity index (χ0) is 14.1. The number of halogens is 1. The van der Waals surface area contributed by atoms with Gasteiger partial charge in [-0.3, -0.25) is 4.90 Å². The van der Waals surface area contributed by atoms with Gasteiger partial charge in [-0.25, -0.2) is 4.39 Å². The summed E-state index contributed by atoms with van der Waals surface area (Å²) in [6.07, 6.45) is 2.24. The lowest BCUT2D eigenvalue weighted by atomic mass is 9.92. The van der Waals surface area contributed by atoms with Crippen molar-refractivity contribution < 1.29 is 4.39 Å². The number of fused-ring (bicyclic) bond motifs is 1. The second-order valence-electron chi connectivity index (χ2n) is 6.23. The lowest BCUT2D eigenvalue weighted by Gasteiger charge is -2.34. The Hall–Kier alpha value is -0.930. The van der Waals surface area contributed by atoms with Gasteiger partial charge in [0.25, 0.3) is 0 Å². The van der Waals surface area contributed by atoms with Crippen molar-refractivity contribution in [1.29, 1.82) is 0 Å².